The number of anilines is 1. The van der Waals surface area contributed by atoms with Crippen molar-refractivity contribution < 1.29 is 9.84 Å². The Morgan fingerprint density at radius 2 is 2.23 bits per heavy atom. The summed E-state index contributed by atoms with van der Waals surface area (Å²) in [6, 6.07) is 5.21. The van der Waals surface area contributed by atoms with Crippen LogP contribution >= 0.6 is 11.3 Å². The number of fused-ring (bicyclic) bond motifs is 1. The van der Waals surface area contributed by atoms with Gasteiger partial charge in [-0.2, -0.15) is 5.10 Å². The van der Waals surface area contributed by atoms with Crippen LogP contribution in [0.5, 0.6) is 11.5 Å². The van der Waals surface area contributed by atoms with Gasteiger partial charge in [0.2, 0.25) is 0 Å². The fourth-order valence-corrected chi connectivity index (χ4v) is 2.96. The molecule has 3 aromatic rings. The van der Waals surface area contributed by atoms with E-state index in [1.54, 1.807) is 29.5 Å². The summed E-state index contributed by atoms with van der Waals surface area (Å²) >= 11 is 1.57. The number of thiophene rings is 1. The molecular formula is C15H14N4O2S. The predicted molar refractivity (Wildman–Crippen MR) is 88.0 cm³/mol. The van der Waals surface area contributed by atoms with Crippen LogP contribution in [0.4, 0.5) is 5.82 Å². The fourth-order valence-electron chi connectivity index (χ4n) is 2.02. The quantitative estimate of drug-likeness (QED) is 0.571. The number of aromatic hydroxyl groups is 1. The lowest BCUT2D eigenvalue weighted by Crippen LogP contribution is -1.95. The van der Waals surface area contributed by atoms with Crippen molar-refractivity contribution in [1.82, 2.24) is 9.97 Å². The standard InChI is InChI=1S/C15H14N4O2S/c1-9-7-22-14-12(9)16-8-17-15(14)19-18-6-10-4-3-5-11(21-2)13(10)20/h3-8,20H,1-2H3,(H,16,17,19)/b18-6-. The van der Waals surface area contributed by atoms with Crippen LogP contribution in [-0.2, 0) is 0 Å². The van der Waals surface area contributed by atoms with Crippen LogP contribution in [-0.4, -0.2) is 28.4 Å². The van der Waals surface area contributed by atoms with E-state index in [9.17, 15) is 5.11 Å². The summed E-state index contributed by atoms with van der Waals surface area (Å²) in [5, 5.41) is 16.2. The highest BCUT2D eigenvalue weighted by Crippen LogP contribution is 2.29. The lowest BCUT2D eigenvalue weighted by molar-refractivity contribution is 0.373. The van der Waals surface area contributed by atoms with E-state index in [0.29, 0.717) is 17.1 Å². The van der Waals surface area contributed by atoms with Gasteiger partial charge in [0, 0.05) is 5.56 Å². The summed E-state index contributed by atoms with van der Waals surface area (Å²) in [4.78, 5) is 8.45. The molecule has 0 fully saturated rings. The molecule has 7 heteroatoms. The fraction of sp³-hybridized carbons (Fsp3) is 0.133. The van der Waals surface area contributed by atoms with Gasteiger partial charge in [0.05, 0.1) is 23.5 Å². The largest absolute Gasteiger partial charge is 0.504 e. The van der Waals surface area contributed by atoms with Gasteiger partial charge in [-0.15, -0.1) is 11.3 Å². The molecule has 0 saturated heterocycles. The third kappa shape index (κ3) is 2.58. The van der Waals surface area contributed by atoms with Crippen LogP contribution < -0.4 is 10.2 Å². The van der Waals surface area contributed by atoms with Crippen molar-refractivity contribution in [3.63, 3.8) is 0 Å². The van der Waals surface area contributed by atoms with E-state index in [4.69, 9.17) is 4.74 Å². The number of hydrazone groups is 1. The van der Waals surface area contributed by atoms with Gasteiger partial charge in [-0.1, -0.05) is 6.07 Å². The molecule has 6 nitrogen and oxygen atoms in total. The van der Waals surface area contributed by atoms with E-state index < -0.39 is 0 Å². The molecule has 0 aliphatic rings. The van der Waals surface area contributed by atoms with Crippen LogP contribution in [0, 0.1) is 6.92 Å². The second kappa shape index (κ2) is 5.98. The average Bonchev–Trinajstić information content (AvgIpc) is 2.91. The lowest BCUT2D eigenvalue weighted by Gasteiger charge is -2.05. The molecular weight excluding hydrogens is 300 g/mol. The molecule has 0 bridgehead atoms. The van der Waals surface area contributed by atoms with Gasteiger partial charge in [0.1, 0.15) is 6.33 Å². The minimum absolute atomic E-state index is 0.0513. The molecule has 2 N–H and O–H groups in total. The Bertz CT molecular complexity index is 845. The number of nitrogens with one attached hydrogen (secondary N) is 1. The number of benzene rings is 1. The monoisotopic (exact) mass is 314 g/mol. The average molecular weight is 314 g/mol. The van der Waals surface area contributed by atoms with E-state index in [1.165, 1.54) is 19.7 Å². The molecule has 0 radical (unpaired) electrons. The summed E-state index contributed by atoms with van der Waals surface area (Å²) in [6.45, 7) is 2.01. The van der Waals surface area contributed by atoms with Gasteiger partial charge in [0.25, 0.3) is 0 Å². The molecule has 0 aliphatic carbocycles. The molecule has 0 atom stereocenters. The highest BCUT2D eigenvalue weighted by atomic mass is 32.1. The van der Waals surface area contributed by atoms with Crippen LogP contribution in [0.2, 0.25) is 0 Å². The highest BCUT2D eigenvalue weighted by Gasteiger charge is 2.08. The summed E-state index contributed by atoms with van der Waals surface area (Å²) in [5.41, 5.74) is 5.48. The molecule has 2 aromatic heterocycles. The van der Waals surface area contributed by atoms with Crippen molar-refractivity contribution in [2.45, 2.75) is 6.92 Å². The van der Waals surface area contributed by atoms with Crippen molar-refractivity contribution in [2.75, 3.05) is 12.5 Å². The smallest absolute Gasteiger partial charge is 0.167 e. The first-order valence-corrected chi connectivity index (χ1v) is 7.42. The minimum atomic E-state index is 0.0513. The van der Waals surface area contributed by atoms with Gasteiger partial charge in [-0.25, -0.2) is 9.97 Å². The van der Waals surface area contributed by atoms with E-state index in [1.807, 2.05) is 12.3 Å². The zero-order valence-corrected chi connectivity index (χ0v) is 12.9. The topological polar surface area (TPSA) is 79.6 Å². The molecule has 0 amide bonds. The van der Waals surface area contributed by atoms with E-state index in [-0.39, 0.29) is 5.75 Å². The maximum Gasteiger partial charge on any atom is 0.167 e. The van der Waals surface area contributed by atoms with E-state index in [2.05, 4.69) is 20.5 Å². The Kier molecular flexibility index (Phi) is 3.88. The molecule has 0 saturated carbocycles. The van der Waals surface area contributed by atoms with Gasteiger partial charge in [-0.05, 0) is 30.0 Å². The van der Waals surface area contributed by atoms with Crippen molar-refractivity contribution >= 4 is 33.6 Å². The Balaban J connectivity index is 1.85. The third-order valence-corrected chi connectivity index (χ3v) is 4.25. The molecule has 3 rings (SSSR count). The van der Waals surface area contributed by atoms with Crippen molar-refractivity contribution in [2.24, 2.45) is 5.10 Å². The molecule has 1 aromatic carbocycles. The third-order valence-electron chi connectivity index (χ3n) is 3.16. The van der Waals surface area contributed by atoms with Crippen molar-refractivity contribution in [3.8, 4) is 11.5 Å². The predicted octanol–water partition coefficient (Wildman–Crippen LogP) is 3.16. The van der Waals surface area contributed by atoms with Gasteiger partial charge < -0.3 is 9.84 Å². The number of methoxy groups -OCH3 is 1. The second-order valence-corrected chi connectivity index (χ2v) is 5.47. The highest BCUT2D eigenvalue weighted by molar-refractivity contribution is 7.18. The molecule has 2 heterocycles. The number of phenols is 1. The van der Waals surface area contributed by atoms with Crippen LogP contribution in [0.1, 0.15) is 11.1 Å². The molecule has 0 aliphatic heterocycles. The van der Waals surface area contributed by atoms with Gasteiger partial charge in [0.15, 0.2) is 17.3 Å². The van der Waals surface area contributed by atoms with Crippen molar-refractivity contribution in [3.05, 3.63) is 41.0 Å². The second-order valence-electron chi connectivity index (χ2n) is 4.59. The first-order valence-electron chi connectivity index (χ1n) is 6.54. The van der Waals surface area contributed by atoms with Crippen LogP contribution in [0.3, 0.4) is 0 Å². The summed E-state index contributed by atoms with van der Waals surface area (Å²) in [5.74, 6) is 1.10. The lowest BCUT2D eigenvalue weighted by atomic mass is 10.2. The molecule has 0 spiro atoms. The SMILES string of the molecule is COc1cccc(/C=N\Nc2ncnc3c(C)csc23)c1O. The minimum Gasteiger partial charge on any atom is -0.504 e. The first kappa shape index (κ1) is 14.3. The number of ether oxygens (including phenoxy) is 1. The Morgan fingerprint density at radius 3 is 3.05 bits per heavy atom. The Labute approximate surface area is 131 Å². The first-order chi connectivity index (χ1) is 10.7. The number of para-hydroxylation sites is 1. The Hall–Kier alpha value is -2.67. The number of phenolic OH excluding ortho intramolecular Hbond substituents is 1. The van der Waals surface area contributed by atoms with Gasteiger partial charge in [-0.3, -0.25) is 5.43 Å². The zero-order valence-electron chi connectivity index (χ0n) is 12.1. The molecule has 0 unspecified atom stereocenters. The van der Waals surface area contributed by atoms with Gasteiger partial charge >= 0.3 is 0 Å². The Morgan fingerprint density at radius 1 is 1.36 bits per heavy atom. The number of hydrogen-bond acceptors (Lipinski definition) is 7. The maximum atomic E-state index is 9.99. The van der Waals surface area contributed by atoms with E-state index in [0.717, 1.165) is 15.8 Å². The van der Waals surface area contributed by atoms with Crippen LogP contribution in [0.15, 0.2) is 35.0 Å². The number of aryl methyl sites for hydroxylation is 1. The van der Waals surface area contributed by atoms with Crippen molar-refractivity contribution in [1.29, 1.82) is 0 Å². The number of hydrogen-bond donors (Lipinski definition) is 2. The number of rotatable bonds is 4. The van der Waals surface area contributed by atoms with Crippen LogP contribution in [0.25, 0.3) is 10.2 Å². The normalized spacial score (nSPS) is 11.2. The molecule has 112 valence electrons. The summed E-state index contributed by atoms with van der Waals surface area (Å²) in [6.07, 6.45) is 3.02. The summed E-state index contributed by atoms with van der Waals surface area (Å²) < 4.78 is 6.01. The number of aromatic nitrogens is 2. The summed E-state index contributed by atoms with van der Waals surface area (Å²) in [7, 11) is 1.50. The maximum absolute atomic E-state index is 9.99. The van der Waals surface area contributed by atoms with E-state index >= 15 is 0 Å². The number of nitrogens with zero attached hydrogens (tertiary/aromatic N) is 3. The molecule has 22 heavy (non-hydrogen) atoms. The zero-order chi connectivity index (χ0) is 15.5.